The highest BCUT2D eigenvalue weighted by molar-refractivity contribution is 6.05. The average molecular weight is 299 g/mol. The highest BCUT2D eigenvalue weighted by Gasteiger charge is 2.32. The lowest BCUT2D eigenvalue weighted by Crippen LogP contribution is -2.15. The van der Waals surface area contributed by atoms with Crippen molar-refractivity contribution in [1.29, 1.82) is 0 Å². The number of rotatable bonds is 2. The first kappa shape index (κ1) is 14.8. The molecule has 8 heteroatoms. The Morgan fingerprint density at radius 3 is 2.48 bits per heavy atom. The van der Waals surface area contributed by atoms with Crippen LogP contribution in [0.5, 0.6) is 0 Å². The first-order valence-electron chi connectivity index (χ1n) is 5.67. The van der Waals surface area contributed by atoms with Crippen LogP contribution in [0.2, 0.25) is 0 Å². The second-order valence-corrected chi connectivity index (χ2v) is 4.12. The van der Waals surface area contributed by atoms with Crippen LogP contribution in [0.1, 0.15) is 16.1 Å². The molecular weight excluding hydrogens is 290 g/mol. The molecule has 0 fully saturated rings. The van der Waals surface area contributed by atoms with Gasteiger partial charge in [-0.3, -0.25) is 9.78 Å². The van der Waals surface area contributed by atoms with E-state index in [1.165, 1.54) is 6.07 Å². The normalized spacial score (nSPS) is 11.2. The van der Waals surface area contributed by atoms with Gasteiger partial charge in [0.2, 0.25) is 0 Å². The molecule has 1 amide bonds. The number of nitrogens with zero attached hydrogens (tertiary/aromatic N) is 1. The minimum atomic E-state index is -4.58. The number of hydrogen-bond donors (Lipinski definition) is 2. The zero-order valence-corrected chi connectivity index (χ0v) is 10.4. The smallest absolute Gasteiger partial charge is 0.397 e. The van der Waals surface area contributed by atoms with Crippen molar-refractivity contribution in [3.63, 3.8) is 0 Å². The molecule has 0 radical (unpaired) electrons. The van der Waals surface area contributed by atoms with Crippen LogP contribution in [0.25, 0.3) is 0 Å². The Bertz CT molecular complexity index is 668. The number of pyridine rings is 1. The Morgan fingerprint density at radius 2 is 1.90 bits per heavy atom. The molecule has 3 N–H and O–H groups in total. The Morgan fingerprint density at radius 1 is 1.19 bits per heavy atom. The molecule has 1 aromatic carbocycles. The highest BCUT2D eigenvalue weighted by Crippen LogP contribution is 2.27. The van der Waals surface area contributed by atoms with Crippen molar-refractivity contribution in [3.05, 3.63) is 53.6 Å². The van der Waals surface area contributed by atoms with Gasteiger partial charge in [0.25, 0.3) is 5.91 Å². The summed E-state index contributed by atoms with van der Waals surface area (Å²) in [6.07, 6.45) is -3.80. The largest absolute Gasteiger partial charge is 0.433 e. The third-order valence-corrected chi connectivity index (χ3v) is 2.58. The molecule has 21 heavy (non-hydrogen) atoms. The maximum absolute atomic E-state index is 13.0. The molecule has 0 aliphatic carbocycles. The molecule has 2 aromatic rings. The van der Waals surface area contributed by atoms with E-state index in [0.29, 0.717) is 6.07 Å². The predicted molar refractivity (Wildman–Crippen MR) is 68.0 cm³/mol. The van der Waals surface area contributed by atoms with E-state index in [4.69, 9.17) is 5.73 Å². The first-order valence-corrected chi connectivity index (χ1v) is 5.67. The van der Waals surface area contributed by atoms with Gasteiger partial charge in [-0.1, -0.05) is 0 Å². The second kappa shape index (κ2) is 5.39. The standard InChI is InChI=1S/C13H9F4N3O/c14-8-2-3-9(18)10(5-8)20-12(21)7-1-4-11(19-6-7)13(15,16)17/h1-6H,18H2,(H,20,21). The number of carbonyl (C=O) groups excluding carboxylic acids is 1. The molecule has 2 rings (SSSR count). The molecule has 0 spiro atoms. The molecular formula is C13H9F4N3O. The van der Waals surface area contributed by atoms with Crippen LogP contribution in [0.4, 0.5) is 28.9 Å². The molecule has 1 heterocycles. The van der Waals surface area contributed by atoms with Gasteiger partial charge in [-0.25, -0.2) is 4.39 Å². The van der Waals surface area contributed by atoms with E-state index in [-0.39, 0.29) is 16.9 Å². The van der Waals surface area contributed by atoms with Crippen molar-refractivity contribution in [2.45, 2.75) is 6.18 Å². The quantitative estimate of drug-likeness (QED) is 0.661. The number of halogens is 4. The number of anilines is 2. The Kier molecular flexibility index (Phi) is 3.79. The molecule has 0 unspecified atom stereocenters. The Balaban J connectivity index is 2.19. The van der Waals surface area contributed by atoms with Gasteiger partial charge >= 0.3 is 6.18 Å². The van der Waals surface area contributed by atoms with Gasteiger partial charge in [0.1, 0.15) is 11.5 Å². The average Bonchev–Trinajstić information content (AvgIpc) is 2.42. The van der Waals surface area contributed by atoms with Crippen molar-refractivity contribution in [3.8, 4) is 0 Å². The van der Waals surface area contributed by atoms with Gasteiger partial charge in [0, 0.05) is 6.20 Å². The van der Waals surface area contributed by atoms with Crippen LogP contribution >= 0.6 is 0 Å². The van der Waals surface area contributed by atoms with Gasteiger partial charge in [-0.2, -0.15) is 13.2 Å². The summed E-state index contributed by atoms with van der Waals surface area (Å²) in [4.78, 5) is 15.0. The van der Waals surface area contributed by atoms with Crippen LogP contribution in [0.15, 0.2) is 36.5 Å². The van der Waals surface area contributed by atoms with Gasteiger partial charge in [0.05, 0.1) is 16.9 Å². The van der Waals surface area contributed by atoms with Gasteiger partial charge in [-0.15, -0.1) is 0 Å². The highest BCUT2D eigenvalue weighted by atomic mass is 19.4. The van der Waals surface area contributed by atoms with Crippen LogP contribution in [-0.4, -0.2) is 10.9 Å². The summed E-state index contributed by atoms with van der Waals surface area (Å²) in [5.74, 6) is -1.35. The zero-order valence-electron chi connectivity index (χ0n) is 10.4. The molecule has 0 aliphatic heterocycles. The summed E-state index contributed by atoms with van der Waals surface area (Å²) >= 11 is 0. The maximum Gasteiger partial charge on any atom is 0.433 e. The molecule has 0 aliphatic rings. The molecule has 0 atom stereocenters. The van der Waals surface area contributed by atoms with Gasteiger partial charge in [0.15, 0.2) is 0 Å². The van der Waals surface area contributed by atoms with Crippen LogP contribution in [0.3, 0.4) is 0 Å². The number of alkyl halides is 3. The number of benzene rings is 1. The Labute approximate surface area is 116 Å². The fourth-order valence-electron chi connectivity index (χ4n) is 1.53. The lowest BCUT2D eigenvalue weighted by atomic mass is 10.2. The third-order valence-electron chi connectivity index (χ3n) is 2.58. The molecule has 0 saturated carbocycles. The molecule has 110 valence electrons. The second-order valence-electron chi connectivity index (χ2n) is 4.12. The van der Waals surface area contributed by atoms with Gasteiger partial charge < -0.3 is 11.1 Å². The first-order chi connectivity index (χ1) is 9.77. The van der Waals surface area contributed by atoms with Crippen molar-refractivity contribution < 1.29 is 22.4 Å². The summed E-state index contributed by atoms with van der Waals surface area (Å²) in [5.41, 5.74) is 4.50. The number of nitrogen functional groups attached to an aromatic ring is 1. The van der Waals surface area contributed by atoms with Crippen molar-refractivity contribution in [2.75, 3.05) is 11.1 Å². The van der Waals surface area contributed by atoms with Crippen LogP contribution < -0.4 is 11.1 Å². The van der Waals surface area contributed by atoms with E-state index in [1.54, 1.807) is 0 Å². The van der Waals surface area contributed by atoms with Crippen molar-refractivity contribution in [1.82, 2.24) is 4.98 Å². The number of nitrogens with one attached hydrogen (secondary N) is 1. The number of nitrogens with two attached hydrogens (primary N) is 1. The van der Waals surface area contributed by atoms with E-state index in [1.807, 2.05) is 0 Å². The topological polar surface area (TPSA) is 68.0 Å². The fraction of sp³-hybridized carbons (Fsp3) is 0.0769. The van der Waals surface area contributed by atoms with E-state index in [2.05, 4.69) is 10.3 Å². The van der Waals surface area contributed by atoms with E-state index in [0.717, 1.165) is 24.4 Å². The summed E-state index contributed by atoms with van der Waals surface area (Å²) in [6, 6.07) is 5.04. The molecule has 0 saturated heterocycles. The summed E-state index contributed by atoms with van der Waals surface area (Å²) in [6.45, 7) is 0. The van der Waals surface area contributed by atoms with Gasteiger partial charge in [-0.05, 0) is 30.3 Å². The molecule has 1 aromatic heterocycles. The Hall–Kier alpha value is -2.64. The summed E-state index contributed by atoms with van der Waals surface area (Å²) in [5, 5.41) is 2.30. The van der Waals surface area contributed by atoms with E-state index >= 15 is 0 Å². The third kappa shape index (κ3) is 3.47. The van der Waals surface area contributed by atoms with Crippen LogP contribution in [-0.2, 0) is 6.18 Å². The van der Waals surface area contributed by atoms with Crippen LogP contribution in [0, 0.1) is 5.82 Å². The number of carbonyl (C=O) groups is 1. The minimum absolute atomic E-state index is 0.0277. The monoisotopic (exact) mass is 299 g/mol. The minimum Gasteiger partial charge on any atom is -0.397 e. The predicted octanol–water partition coefficient (Wildman–Crippen LogP) is 3.07. The van der Waals surface area contributed by atoms with E-state index < -0.39 is 23.6 Å². The lowest BCUT2D eigenvalue weighted by Gasteiger charge is -2.09. The fourth-order valence-corrected chi connectivity index (χ4v) is 1.53. The number of amides is 1. The summed E-state index contributed by atoms with van der Waals surface area (Å²) < 4.78 is 50.1. The molecule has 4 nitrogen and oxygen atoms in total. The number of hydrogen-bond acceptors (Lipinski definition) is 3. The molecule has 0 bridgehead atoms. The maximum atomic E-state index is 13.0. The SMILES string of the molecule is Nc1ccc(F)cc1NC(=O)c1ccc(C(F)(F)F)nc1. The lowest BCUT2D eigenvalue weighted by molar-refractivity contribution is -0.141. The zero-order chi connectivity index (χ0) is 15.6. The van der Waals surface area contributed by atoms with Crippen molar-refractivity contribution >= 4 is 17.3 Å². The number of aromatic nitrogens is 1. The van der Waals surface area contributed by atoms with E-state index in [9.17, 15) is 22.4 Å². The summed E-state index contributed by atoms with van der Waals surface area (Å²) in [7, 11) is 0. The van der Waals surface area contributed by atoms with Crippen molar-refractivity contribution in [2.24, 2.45) is 0 Å².